The van der Waals surface area contributed by atoms with Gasteiger partial charge in [-0.25, -0.2) is 0 Å². The maximum atomic E-state index is 12.1. The van der Waals surface area contributed by atoms with Crippen LogP contribution in [0.3, 0.4) is 0 Å². The summed E-state index contributed by atoms with van der Waals surface area (Å²) >= 11 is 0. The van der Waals surface area contributed by atoms with Crippen LogP contribution in [0.1, 0.15) is 12.8 Å². The van der Waals surface area contributed by atoms with Gasteiger partial charge >= 0.3 is 0 Å². The van der Waals surface area contributed by atoms with Crippen LogP contribution in [0.4, 0.5) is 0 Å². The lowest BCUT2D eigenvalue weighted by Gasteiger charge is -2.60. The zero-order valence-electron chi connectivity index (χ0n) is 9.95. The van der Waals surface area contributed by atoms with Gasteiger partial charge in [0.05, 0.1) is 0 Å². The molecule has 0 N–H and O–H groups in total. The predicted octanol–water partition coefficient (Wildman–Crippen LogP) is 0.187. The molecule has 90 valence electrons. The van der Waals surface area contributed by atoms with Crippen LogP contribution in [0, 0.1) is 11.3 Å². The summed E-state index contributed by atoms with van der Waals surface area (Å²) in [5.41, 5.74) is 0.468. The van der Waals surface area contributed by atoms with Crippen LogP contribution in [0.15, 0.2) is 0 Å². The molecule has 0 atom stereocenters. The average molecular weight is 224 g/mol. The van der Waals surface area contributed by atoms with Crippen molar-refractivity contribution in [2.75, 3.05) is 46.4 Å². The van der Waals surface area contributed by atoms with Crippen molar-refractivity contribution in [2.45, 2.75) is 12.8 Å². The number of likely N-dealkylation sites (tertiary alicyclic amines) is 2. The Hall–Kier alpha value is -0.610. The Balaban J connectivity index is 1.50. The molecule has 0 unspecified atom stereocenters. The molecule has 0 aromatic rings. The van der Waals surface area contributed by atoms with E-state index in [9.17, 15) is 4.79 Å². The Morgan fingerprint density at radius 1 is 1.19 bits per heavy atom. The molecule has 0 bridgehead atoms. The van der Waals surface area contributed by atoms with Crippen LogP contribution < -0.4 is 0 Å². The first-order chi connectivity index (χ1) is 7.69. The summed E-state index contributed by atoms with van der Waals surface area (Å²) in [4.78, 5) is 16.5. The van der Waals surface area contributed by atoms with E-state index in [4.69, 9.17) is 4.74 Å². The Morgan fingerprint density at radius 3 is 2.38 bits per heavy atom. The lowest BCUT2D eigenvalue weighted by atomic mass is 9.72. The summed E-state index contributed by atoms with van der Waals surface area (Å²) in [7, 11) is 2.15. The minimum Gasteiger partial charge on any atom is -0.381 e. The summed E-state index contributed by atoms with van der Waals surface area (Å²) in [5.74, 6) is 0.618. The van der Waals surface area contributed by atoms with Crippen molar-refractivity contribution in [1.29, 1.82) is 0 Å². The van der Waals surface area contributed by atoms with Crippen LogP contribution in [0.2, 0.25) is 0 Å². The number of rotatable bonds is 1. The number of ether oxygens (including phenoxy) is 1. The lowest BCUT2D eigenvalue weighted by molar-refractivity contribution is -0.163. The van der Waals surface area contributed by atoms with Gasteiger partial charge in [-0.3, -0.25) is 4.79 Å². The summed E-state index contributed by atoms with van der Waals surface area (Å²) < 4.78 is 5.29. The summed E-state index contributed by atoms with van der Waals surface area (Å²) in [6.45, 7) is 5.85. The molecule has 3 saturated heterocycles. The smallest absolute Gasteiger partial charge is 0.225 e. The molecule has 3 fully saturated rings. The fourth-order valence-electron chi connectivity index (χ4n) is 3.42. The first-order valence-electron chi connectivity index (χ1n) is 6.24. The van der Waals surface area contributed by atoms with Crippen molar-refractivity contribution < 1.29 is 9.53 Å². The first kappa shape index (κ1) is 10.5. The van der Waals surface area contributed by atoms with Gasteiger partial charge < -0.3 is 14.5 Å². The molecule has 0 aliphatic carbocycles. The third-order valence-corrected chi connectivity index (χ3v) is 4.15. The van der Waals surface area contributed by atoms with Crippen LogP contribution in [-0.4, -0.2) is 62.1 Å². The van der Waals surface area contributed by atoms with Crippen molar-refractivity contribution >= 4 is 5.91 Å². The zero-order valence-corrected chi connectivity index (χ0v) is 9.95. The molecule has 0 saturated carbocycles. The number of carbonyl (C=O) groups excluding carboxylic acids is 1. The highest BCUT2D eigenvalue weighted by Gasteiger charge is 2.52. The molecular weight excluding hydrogens is 204 g/mol. The molecule has 1 amide bonds. The Kier molecular flexibility index (Phi) is 2.44. The molecule has 0 aromatic carbocycles. The summed E-state index contributed by atoms with van der Waals surface area (Å²) in [6, 6.07) is 0. The molecule has 3 aliphatic heterocycles. The van der Waals surface area contributed by atoms with Gasteiger partial charge in [-0.1, -0.05) is 0 Å². The minimum absolute atomic E-state index is 0.240. The second-order valence-electron chi connectivity index (χ2n) is 5.75. The van der Waals surface area contributed by atoms with E-state index in [0.29, 0.717) is 11.3 Å². The normalized spacial score (nSPS) is 29.9. The Bertz CT molecular complexity index is 285. The predicted molar refractivity (Wildman–Crippen MR) is 60.1 cm³/mol. The van der Waals surface area contributed by atoms with Crippen LogP contribution in [0.25, 0.3) is 0 Å². The van der Waals surface area contributed by atoms with Gasteiger partial charge in [0.1, 0.15) is 0 Å². The molecule has 0 aromatic heterocycles. The third kappa shape index (κ3) is 1.64. The van der Waals surface area contributed by atoms with E-state index in [1.807, 2.05) is 0 Å². The van der Waals surface area contributed by atoms with E-state index < -0.39 is 0 Å². The van der Waals surface area contributed by atoms with E-state index in [0.717, 1.165) is 39.1 Å². The van der Waals surface area contributed by atoms with Gasteiger partial charge in [-0.05, 0) is 19.9 Å². The maximum Gasteiger partial charge on any atom is 0.225 e. The van der Waals surface area contributed by atoms with E-state index in [1.54, 1.807) is 0 Å². The van der Waals surface area contributed by atoms with Gasteiger partial charge in [0.25, 0.3) is 0 Å². The molecule has 4 heteroatoms. The number of hydrogen-bond donors (Lipinski definition) is 0. The minimum atomic E-state index is 0.240. The fraction of sp³-hybridized carbons (Fsp3) is 0.917. The van der Waals surface area contributed by atoms with Crippen molar-refractivity contribution in [3.63, 3.8) is 0 Å². The van der Waals surface area contributed by atoms with Crippen LogP contribution >= 0.6 is 0 Å². The standard InChI is InChI=1S/C12H20N2O2/c1-13-6-12(7-13)8-14(9-12)11(15)10-2-4-16-5-3-10/h10H,2-9H2,1H3. The third-order valence-electron chi connectivity index (χ3n) is 4.15. The van der Waals surface area contributed by atoms with E-state index in [-0.39, 0.29) is 5.92 Å². The largest absolute Gasteiger partial charge is 0.381 e. The van der Waals surface area contributed by atoms with Crippen molar-refractivity contribution in [3.05, 3.63) is 0 Å². The Labute approximate surface area is 96.5 Å². The van der Waals surface area contributed by atoms with E-state index in [1.165, 1.54) is 13.1 Å². The molecule has 4 nitrogen and oxygen atoms in total. The van der Waals surface area contributed by atoms with Gasteiger partial charge in [0.2, 0.25) is 5.91 Å². The number of hydrogen-bond acceptors (Lipinski definition) is 3. The molecule has 3 aliphatic rings. The number of amides is 1. The summed E-state index contributed by atoms with van der Waals surface area (Å²) in [6.07, 6.45) is 1.84. The SMILES string of the molecule is CN1CC2(C1)CN(C(=O)C1CCOCC1)C2. The van der Waals surface area contributed by atoms with Gasteiger partial charge in [-0.15, -0.1) is 0 Å². The quantitative estimate of drug-likeness (QED) is 0.637. The topological polar surface area (TPSA) is 32.8 Å². The maximum absolute atomic E-state index is 12.1. The highest BCUT2D eigenvalue weighted by Crippen LogP contribution is 2.39. The molecule has 3 rings (SSSR count). The highest BCUT2D eigenvalue weighted by atomic mass is 16.5. The lowest BCUT2D eigenvalue weighted by Crippen LogP contribution is -2.72. The first-order valence-corrected chi connectivity index (χ1v) is 6.24. The van der Waals surface area contributed by atoms with E-state index in [2.05, 4.69) is 16.8 Å². The van der Waals surface area contributed by atoms with Crippen molar-refractivity contribution in [1.82, 2.24) is 9.80 Å². The number of carbonyl (C=O) groups is 1. The molecule has 1 spiro atoms. The molecule has 3 heterocycles. The second-order valence-corrected chi connectivity index (χ2v) is 5.75. The zero-order chi connectivity index (χ0) is 11.2. The fourth-order valence-corrected chi connectivity index (χ4v) is 3.42. The van der Waals surface area contributed by atoms with Crippen molar-refractivity contribution in [2.24, 2.45) is 11.3 Å². The number of nitrogens with zero attached hydrogens (tertiary/aromatic N) is 2. The second kappa shape index (κ2) is 3.70. The van der Waals surface area contributed by atoms with E-state index >= 15 is 0 Å². The van der Waals surface area contributed by atoms with Gasteiger partial charge in [0.15, 0.2) is 0 Å². The van der Waals surface area contributed by atoms with Gasteiger partial charge in [0, 0.05) is 50.7 Å². The van der Waals surface area contributed by atoms with Crippen LogP contribution in [-0.2, 0) is 9.53 Å². The molecule has 0 radical (unpaired) electrons. The monoisotopic (exact) mass is 224 g/mol. The Morgan fingerprint density at radius 2 is 1.81 bits per heavy atom. The highest BCUT2D eigenvalue weighted by molar-refractivity contribution is 5.80. The van der Waals surface area contributed by atoms with Crippen LogP contribution in [0.5, 0.6) is 0 Å². The van der Waals surface area contributed by atoms with Crippen molar-refractivity contribution in [3.8, 4) is 0 Å². The summed E-state index contributed by atoms with van der Waals surface area (Å²) in [5, 5.41) is 0. The average Bonchev–Trinajstić information content (AvgIpc) is 2.22. The van der Waals surface area contributed by atoms with Gasteiger partial charge in [-0.2, -0.15) is 0 Å². The molecule has 16 heavy (non-hydrogen) atoms. The molecular formula is C12H20N2O2.